The lowest BCUT2D eigenvalue weighted by Crippen LogP contribution is -2.35. The van der Waals surface area contributed by atoms with E-state index in [9.17, 15) is 0 Å². The molecule has 20 heavy (non-hydrogen) atoms. The van der Waals surface area contributed by atoms with Crippen molar-refractivity contribution in [3.63, 3.8) is 0 Å². The molecule has 3 heterocycles. The molecule has 0 aliphatic carbocycles. The van der Waals surface area contributed by atoms with Crippen LogP contribution in [0.1, 0.15) is 17.0 Å². The van der Waals surface area contributed by atoms with Gasteiger partial charge in [0.25, 0.3) is 0 Å². The van der Waals surface area contributed by atoms with Crippen LogP contribution in [0.3, 0.4) is 0 Å². The summed E-state index contributed by atoms with van der Waals surface area (Å²) in [7, 11) is 2.08. The van der Waals surface area contributed by atoms with Crippen LogP contribution >= 0.6 is 11.3 Å². The molecule has 1 atom stereocenters. The van der Waals surface area contributed by atoms with Crippen LogP contribution in [0.4, 0.5) is 11.1 Å². The molecule has 1 unspecified atom stereocenters. The fourth-order valence-electron chi connectivity index (χ4n) is 2.49. The summed E-state index contributed by atoms with van der Waals surface area (Å²) in [5.41, 5.74) is 1.01. The maximum atomic E-state index is 4.50. The number of likely N-dealkylation sites (N-methyl/N-ethyl adjacent to an activating group) is 1. The number of aromatic nitrogens is 3. The van der Waals surface area contributed by atoms with Gasteiger partial charge in [0.15, 0.2) is 5.13 Å². The summed E-state index contributed by atoms with van der Waals surface area (Å²) in [6.07, 6.45) is 4.89. The molecule has 0 spiro atoms. The van der Waals surface area contributed by atoms with Gasteiger partial charge in [-0.3, -0.25) is 0 Å². The van der Waals surface area contributed by atoms with E-state index in [2.05, 4.69) is 38.7 Å². The average Bonchev–Trinajstić information content (AvgIpc) is 3.06. The lowest BCUT2D eigenvalue weighted by Gasteiger charge is -2.24. The molecule has 0 N–H and O–H groups in total. The first-order chi connectivity index (χ1) is 9.63. The van der Waals surface area contributed by atoms with E-state index < -0.39 is 0 Å². The lowest BCUT2D eigenvalue weighted by atomic mass is 10.2. The summed E-state index contributed by atoms with van der Waals surface area (Å²) in [5.74, 6) is 0.812. The van der Waals surface area contributed by atoms with Crippen molar-refractivity contribution in [2.45, 2.75) is 26.3 Å². The molecule has 1 fully saturated rings. The fraction of sp³-hybridized carbons (Fsp3) is 0.500. The van der Waals surface area contributed by atoms with Gasteiger partial charge in [-0.1, -0.05) is 0 Å². The van der Waals surface area contributed by atoms with Crippen molar-refractivity contribution in [2.75, 3.05) is 29.9 Å². The molecule has 0 radical (unpaired) electrons. The van der Waals surface area contributed by atoms with Crippen molar-refractivity contribution < 1.29 is 0 Å². The van der Waals surface area contributed by atoms with Gasteiger partial charge in [-0.05, 0) is 26.3 Å². The van der Waals surface area contributed by atoms with E-state index in [0.29, 0.717) is 6.04 Å². The van der Waals surface area contributed by atoms with Crippen LogP contribution in [0.15, 0.2) is 18.5 Å². The number of nitrogens with zero attached hydrogens (tertiary/aromatic N) is 5. The summed E-state index contributed by atoms with van der Waals surface area (Å²) < 4.78 is 0. The number of thiazole rings is 1. The number of hydrogen-bond donors (Lipinski definition) is 0. The van der Waals surface area contributed by atoms with Crippen molar-refractivity contribution >= 4 is 22.4 Å². The summed E-state index contributed by atoms with van der Waals surface area (Å²) >= 11 is 1.76. The highest BCUT2D eigenvalue weighted by Crippen LogP contribution is 2.27. The van der Waals surface area contributed by atoms with Gasteiger partial charge in [-0.15, -0.1) is 11.3 Å². The van der Waals surface area contributed by atoms with Gasteiger partial charge in [-0.25, -0.2) is 15.0 Å². The van der Waals surface area contributed by atoms with E-state index in [-0.39, 0.29) is 0 Å². The molecule has 106 valence electrons. The largest absolute Gasteiger partial charge is 0.346 e. The molecule has 2 aromatic heterocycles. The monoisotopic (exact) mass is 289 g/mol. The van der Waals surface area contributed by atoms with Crippen LogP contribution in [-0.2, 0) is 0 Å². The molecule has 0 aromatic carbocycles. The zero-order chi connectivity index (χ0) is 14.1. The van der Waals surface area contributed by atoms with E-state index in [4.69, 9.17) is 0 Å². The maximum Gasteiger partial charge on any atom is 0.225 e. The van der Waals surface area contributed by atoms with Crippen molar-refractivity contribution in [1.29, 1.82) is 0 Å². The SMILES string of the molecule is Cc1ccnc(N(C)C2CCN(c3ncc(C)s3)C2)n1. The smallest absolute Gasteiger partial charge is 0.225 e. The zero-order valence-corrected chi connectivity index (χ0v) is 12.9. The average molecular weight is 289 g/mol. The normalized spacial score (nSPS) is 18.6. The number of aryl methyl sites for hydroxylation is 2. The quantitative estimate of drug-likeness (QED) is 0.867. The third kappa shape index (κ3) is 2.60. The third-order valence-corrected chi connectivity index (χ3v) is 4.66. The molecule has 0 saturated carbocycles. The maximum absolute atomic E-state index is 4.50. The number of rotatable bonds is 3. The van der Waals surface area contributed by atoms with E-state index in [1.54, 1.807) is 11.3 Å². The second kappa shape index (κ2) is 5.36. The van der Waals surface area contributed by atoms with Gasteiger partial charge < -0.3 is 9.80 Å². The molecule has 2 aromatic rings. The minimum Gasteiger partial charge on any atom is -0.346 e. The van der Waals surface area contributed by atoms with Crippen LogP contribution in [0.5, 0.6) is 0 Å². The van der Waals surface area contributed by atoms with Crippen LogP contribution in [0.25, 0.3) is 0 Å². The first-order valence-corrected chi connectivity index (χ1v) is 7.65. The molecule has 3 rings (SSSR count). The molecule has 1 aliphatic rings. The van der Waals surface area contributed by atoms with Gasteiger partial charge >= 0.3 is 0 Å². The lowest BCUT2D eigenvalue weighted by molar-refractivity contribution is 0.673. The Morgan fingerprint density at radius 2 is 2.20 bits per heavy atom. The van der Waals surface area contributed by atoms with Crippen LogP contribution in [0, 0.1) is 13.8 Å². The molecule has 1 saturated heterocycles. The van der Waals surface area contributed by atoms with Crippen LogP contribution < -0.4 is 9.80 Å². The Labute approximate surface area is 123 Å². The summed E-state index contributed by atoms with van der Waals surface area (Å²) in [4.78, 5) is 19.2. The van der Waals surface area contributed by atoms with Crippen molar-refractivity contribution in [1.82, 2.24) is 15.0 Å². The Morgan fingerprint density at radius 3 is 2.90 bits per heavy atom. The van der Waals surface area contributed by atoms with Crippen LogP contribution in [-0.4, -0.2) is 41.1 Å². The van der Waals surface area contributed by atoms with Gasteiger partial charge in [0.2, 0.25) is 5.95 Å². The highest BCUT2D eigenvalue weighted by atomic mass is 32.1. The molecular formula is C14H19N5S. The van der Waals surface area contributed by atoms with E-state index >= 15 is 0 Å². The molecule has 0 bridgehead atoms. The third-order valence-electron chi connectivity index (χ3n) is 3.69. The first kappa shape index (κ1) is 13.3. The number of hydrogen-bond acceptors (Lipinski definition) is 6. The van der Waals surface area contributed by atoms with Crippen molar-refractivity contribution in [3.8, 4) is 0 Å². The topological polar surface area (TPSA) is 45.2 Å². The first-order valence-electron chi connectivity index (χ1n) is 6.83. The number of anilines is 2. The van der Waals surface area contributed by atoms with Crippen molar-refractivity contribution in [2.24, 2.45) is 0 Å². The molecular weight excluding hydrogens is 270 g/mol. The highest BCUT2D eigenvalue weighted by molar-refractivity contribution is 7.15. The summed E-state index contributed by atoms with van der Waals surface area (Å²) in [6.45, 7) is 6.13. The van der Waals surface area contributed by atoms with Gasteiger partial charge in [-0.2, -0.15) is 0 Å². The molecule has 6 heteroatoms. The predicted molar refractivity (Wildman–Crippen MR) is 82.6 cm³/mol. The van der Waals surface area contributed by atoms with Gasteiger partial charge in [0, 0.05) is 43.1 Å². The molecule has 0 amide bonds. The zero-order valence-electron chi connectivity index (χ0n) is 12.1. The molecule has 5 nitrogen and oxygen atoms in total. The predicted octanol–water partition coefficient (Wildman–Crippen LogP) is 2.27. The van der Waals surface area contributed by atoms with E-state index in [1.165, 1.54) is 4.88 Å². The molecule has 1 aliphatic heterocycles. The van der Waals surface area contributed by atoms with Gasteiger partial charge in [0.1, 0.15) is 0 Å². The van der Waals surface area contributed by atoms with Gasteiger partial charge in [0.05, 0.1) is 6.04 Å². The highest BCUT2D eigenvalue weighted by Gasteiger charge is 2.28. The summed E-state index contributed by atoms with van der Waals surface area (Å²) in [6, 6.07) is 2.37. The standard InChI is InChI=1S/C14H19N5S/c1-10-4-6-15-13(17-10)18(3)12-5-7-19(9-12)14-16-8-11(2)20-14/h4,6,8,12H,5,7,9H2,1-3H3. The Hall–Kier alpha value is -1.69. The summed E-state index contributed by atoms with van der Waals surface area (Å²) in [5, 5.41) is 1.13. The Kier molecular flexibility index (Phi) is 3.56. The minimum atomic E-state index is 0.445. The van der Waals surface area contributed by atoms with E-state index in [1.807, 2.05) is 25.4 Å². The van der Waals surface area contributed by atoms with Crippen LogP contribution in [0.2, 0.25) is 0 Å². The fourth-order valence-corrected chi connectivity index (χ4v) is 3.28. The minimum absolute atomic E-state index is 0.445. The van der Waals surface area contributed by atoms with Crippen molar-refractivity contribution in [3.05, 3.63) is 29.0 Å². The Bertz CT molecular complexity index is 597. The Balaban J connectivity index is 1.70. The Morgan fingerprint density at radius 1 is 1.35 bits per heavy atom. The second-order valence-corrected chi connectivity index (χ2v) is 6.46. The van der Waals surface area contributed by atoms with E-state index in [0.717, 1.165) is 36.3 Å². The second-order valence-electron chi connectivity index (χ2n) is 5.25.